The summed E-state index contributed by atoms with van der Waals surface area (Å²) in [7, 11) is 0. The number of nitrogens with two attached hydrogens (primary N) is 1. The molecule has 0 saturated heterocycles. The summed E-state index contributed by atoms with van der Waals surface area (Å²) < 4.78 is 0.743. The number of halogens is 1. The van der Waals surface area contributed by atoms with Crippen molar-refractivity contribution in [1.29, 1.82) is 0 Å². The molecule has 0 fully saturated rings. The Morgan fingerprint density at radius 3 is 2.62 bits per heavy atom. The third-order valence-corrected chi connectivity index (χ3v) is 4.18. The first kappa shape index (κ1) is 15.6. The molecule has 110 valence electrons. The van der Waals surface area contributed by atoms with E-state index in [1.165, 1.54) is 5.56 Å². The third kappa shape index (κ3) is 4.33. The molecule has 0 aliphatic rings. The molecular weight excluding hydrogens is 328 g/mol. The summed E-state index contributed by atoms with van der Waals surface area (Å²) >= 11 is 3.33. The van der Waals surface area contributed by atoms with Crippen molar-refractivity contribution in [3.63, 3.8) is 0 Å². The second kappa shape index (κ2) is 7.27. The molecule has 3 nitrogen and oxygen atoms in total. The van der Waals surface area contributed by atoms with Gasteiger partial charge < -0.3 is 11.1 Å². The predicted molar refractivity (Wildman–Crippen MR) is 90.4 cm³/mol. The number of anilines is 1. The summed E-state index contributed by atoms with van der Waals surface area (Å²) in [5.41, 5.74) is 8.25. The Kier molecular flexibility index (Phi) is 5.39. The van der Waals surface area contributed by atoms with E-state index in [2.05, 4.69) is 40.3 Å². The molecule has 1 atom stereocenters. The van der Waals surface area contributed by atoms with Crippen LogP contribution in [0.1, 0.15) is 35.2 Å². The van der Waals surface area contributed by atoms with Crippen molar-refractivity contribution in [3.05, 3.63) is 64.1 Å². The zero-order chi connectivity index (χ0) is 15.2. The smallest absolute Gasteiger partial charge is 0.251 e. The van der Waals surface area contributed by atoms with E-state index in [9.17, 15) is 4.79 Å². The van der Waals surface area contributed by atoms with Crippen molar-refractivity contribution in [3.8, 4) is 0 Å². The monoisotopic (exact) mass is 346 g/mol. The van der Waals surface area contributed by atoms with Gasteiger partial charge in [0.15, 0.2) is 0 Å². The van der Waals surface area contributed by atoms with Crippen LogP contribution in [0.2, 0.25) is 0 Å². The van der Waals surface area contributed by atoms with Gasteiger partial charge in [0.05, 0.1) is 0 Å². The first-order valence-electron chi connectivity index (χ1n) is 6.96. The maximum absolute atomic E-state index is 12.1. The van der Waals surface area contributed by atoms with Crippen molar-refractivity contribution < 1.29 is 4.79 Å². The minimum Gasteiger partial charge on any atom is -0.398 e. The zero-order valence-corrected chi connectivity index (χ0v) is 13.6. The fraction of sp³-hybridized carbons (Fsp3) is 0.235. The fourth-order valence-electron chi connectivity index (χ4n) is 2.12. The Bertz CT molecular complexity index is 613. The van der Waals surface area contributed by atoms with Crippen molar-refractivity contribution in [2.45, 2.75) is 19.3 Å². The molecule has 2 rings (SSSR count). The van der Waals surface area contributed by atoms with E-state index in [-0.39, 0.29) is 5.91 Å². The molecule has 21 heavy (non-hydrogen) atoms. The average Bonchev–Trinajstić information content (AvgIpc) is 2.50. The number of carbonyl (C=O) groups is 1. The highest BCUT2D eigenvalue weighted by atomic mass is 79.9. The number of carbonyl (C=O) groups excluding carboxylic acids is 1. The topological polar surface area (TPSA) is 55.1 Å². The SMILES string of the molecule is CC(CCNC(=O)c1ccc(N)c(Br)c1)c1ccccc1. The minimum atomic E-state index is -0.0732. The van der Waals surface area contributed by atoms with Crippen LogP contribution < -0.4 is 11.1 Å². The minimum absolute atomic E-state index is 0.0732. The molecule has 1 unspecified atom stereocenters. The number of rotatable bonds is 5. The van der Waals surface area contributed by atoms with Crippen LogP contribution in [-0.4, -0.2) is 12.5 Å². The standard InChI is InChI=1S/C17H19BrN2O/c1-12(13-5-3-2-4-6-13)9-10-20-17(21)14-7-8-16(19)15(18)11-14/h2-8,11-12H,9-10,19H2,1H3,(H,20,21). The van der Waals surface area contributed by atoms with Crippen molar-refractivity contribution >= 4 is 27.5 Å². The highest BCUT2D eigenvalue weighted by molar-refractivity contribution is 9.10. The second-order valence-corrected chi connectivity index (χ2v) is 5.95. The first-order valence-corrected chi connectivity index (χ1v) is 7.75. The van der Waals surface area contributed by atoms with Crippen LogP contribution >= 0.6 is 15.9 Å². The predicted octanol–water partition coefficient (Wildman–Crippen LogP) is 3.95. The maximum Gasteiger partial charge on any atom is 0.251 e. The molecule has 1 amide bonds. The number of nitrogens with one attached hydrogen (secondary N) is 1. The quantitative estimate of drug-likeness (QED) is 0.805. The molecule has 0 bridgehead atoms. The van der Waals surface area contributed by atoms with Crippen molar-refractivity contribution in [1.82, 2.24) is 5.32 Å². The fourth-order valence-corrected chi connectivity index (χ4v) is 2.50. The van der Waals surface area contributed by atoms with Gasteiger partial charge in [0.2, 0.25) is 0 Å². The van der Waals surface area contributed by atoms with Crippen LogP contribution in [0.15, 0.2) is 53.0 Å². The van der Waals surface area contributed by atoms with Crippen molar-refractivity contribution in [2.24, 2.45) is 0 Å². The lowest BCUT2D eigenvalue weighted by Crippen LogP contribution is -2.25. The van der Waals surface area contributed by atoms with Gasteiger partial charge in [-0.3, -0.25) is 4.79 Å². The van der Waals surface area contributed by atoms with Gasteiger partial charge in [-0.2, -0.15) is 0 Å². The van der Waals surface area contributed by atoms with Crippen LogP contribution in [0.4, 0.5) is 5.69 Å². The lowest BCUT2D eigenvalue weighted by molar-refractivity contribution is 0.0952. The summed E-state index contributed by atoms with van der Waals surface area (Å²) in [6, 6.07) is 15.5. The number of nitrogen functional groups attached to an aromatic ring is 1. The summed E-state index contributed by atoms with van der Waals surface area (Å²) in [5.74, 6) is 0.348. The van der Waals surface area contributed by atoms with E-state index in [0.717, 1.165) is 10.9 Å². The van der Waals surface area contributed by atoms with Crippen LogP contribution in [0, 0.1) is 0 Å². The average molecular weight is 347 g/mol. The Morgan fingerprint density at radius 2 is 1.95 bits per heavy atom. The molecular formula is C17H19BrN2O. The van der Waals surface area contributed by atoms with Gasteiger partial charge in [0, 0.05) is 22.3 Å². The summed E-state index contributed by atoms with van der Waals surface area (Å²) in [6.45, 7) is 2.82. The zero-order valence-electron chi connectivity index (χ0n) is 12.0. The molecule has 2 aromatic rings. The van der Waals surface area contributed by atoms with E-state index in [4.69, 9.17) is 5.73 Å². The highest BCUT2D eigenvalue weighted by Gasteiger charge is 2.09. The van der Waals surface area contributed by atoms with Crippen LogP contribution in [0.5, 0.6) is 0 Å². The van der Waals surface area contributed by atoms with Gasteiger partial charge >= 0.3 is 0 Å². The van der Waals surface area contributed by atoms with Crippen molar-refractivity contribution in [2.75, 3.05) is 12.3 Å². The van der Waals surface area contributed by atoms with E-state index < -0.39 is 0 Å². The molecule has 0 saturated carbocycles. The normalized spacial score (nSPS) is 11.9. The first-order chi connectivity index (χ1) is 10.1. The molecule has 0 spiro atoms. The number of hydrogen-bond donors (Lipinski definition) is 2. The maximum atomic E-state index is 12.1. The van der Waals surface area contributed by atoms with E-state index in [1.807, 2.05) is 18.2 Å². The Labute approximate surface area is 133 Å². The molecule has 0 radical (unpaired) electrons. The van der Waals surface area contributed by atoms with Crippen LogP contribution in [-0.2, 0) is 0 Å². The van der Waals surface area contributed by atoms with Gasteiger partial charge in [0.25, 0.3) is 5.91 Å². The molecule has 2 aromatic carbocycles. The lowest BCUT2D eigenvalue weighted by Gasteiger charge is -2.12. The van der Waals surface area contributed by atoms with Gasteiger partial charge in [-0.05, 0) is 52.0 Å². The molecule has 0 aliphatic carbocycles. The van der Waals surface area contributed by atoms with E-state index in [1.54, 1.807) is 18.2 Å². The van der Waals surface area contributed by atoms with Gasteiger partial charge in [-0.1, -0.05) is 37.3 Å². The molecule has 0 heterocycles. The van der Waals surface area contributed by atoms with Crippen LogP contribution in [0.25, 0.3) is 0 Å². The molecule has 0 aromatic heterocycles. The lowest BCUT2D eigenvalue weighted by atomic mass is 9.98. The number of benzene rings is 2. The van der Waals surface area contributed by atoms with E-state index in [0.29, 0.717) is 23.7 Å². The van der Waals surface area contributed by atoms with Gasteiger partial charge in [-0.15, -0.1) is 0 Å². The summed E-state index contributed by atoms with van der Waals surface area (Å²) in [5, 5.41) is 2.95. The number of amides is 1. The van der Waals surface area contributed by atoms with Gasteiger partial charge in [-0.25, -0.2) is 0 Å². The van der Waals surface area contributed by atoms with Crippen LogP contribution in [0.3, 0.4) is 0 Å². The molecule has 0 aliphatic heterocycles. The Morgan fingerprint density at radius 1 is 1.24 bits per heavy atom. The highest BCUT2D eigenvalue weighted by Crippen LogP contribution is 2.21. The second-order valence-electron chi connectivity index (χ2n) is 5.09. The summed E-state index contributed by atoms with van der Waals surface area (Å²) in [6.07, 6.45) is 0.909. The molecule has 3 N–H and O–H groups in total. The Balaban J connectivity index is 1.85. The van der Waals surface area contributed by atoms with Gasteiger partial charge in [0.1, 0.15) is 0 Å². The number of hydrogen-bond acceptors (Lipinski definition) is 2. The summed E-state index contributed by atoms with van der Waals surface area (Å²) in [4.78, 5) is 12.1. The third-order valence-electron chi connectivity index (χ3n) is 3.49. The van der Waals surface area contributed by atoms with E-state index >= 15 is 0 Å². The molecule has 4 heteroatoms. The Hall–Kier alpha value is -1.81. The largest absolute Gasteiger partial charge is 0.398 e.